The van der Waals surface area contributed by atoms with Crippen molar-refractivity contribution < 1.29 is 4.79 Å². The van der Waals surface area contributed by atoms with Gasteiger partial charge in [0.1, 0.15) is 0 Å². The van der Waals surface area contributed by atoms with E-state index >= 15 is 0 Å². The number of hydrogen-bond acceptors (Lipinski definition) is 2. The molecule has 1 N–H and O–H groups in total. The molecular weight excluding hydrogens is 236 g/mol. The van der Waals surface area contributed by atoms with Gasteiger partial charge in [0.05, 0.1) is 12.2 Å². The van der Waals surface area contributed by atoms with Crippen molar-refractivity contribution in [2.75, 3.05) is 0 Å². The lowest BCUT2D eigenvalue weighted by atomic mass is 9.92. The standard InChI is InChI=1S/C16H28N2O/c1-4-13-15(19)18(16(2,3)12-9-10-12)14(17-13)11-7-5-6-8-11/h11-14,17H,4-10H2,1-3H3. The molecule has 3 rings (SSSR count). The van der Waals surface area contributed by atoms with E-state index in [4.69, 9.17) is 0 Å². The molecule has 1 heterocycles. The molecule has 2 saturated carbocycles. The molecule has 0 aromatic rings. The maximum Gasteiger partial charge on any atom is 0.241 e. The van der Waals surface area contributed by atoms with Gasteiger partial charge in [-0.1, -0.05) is 19.8 Å². The first-order valence-corrected chi connectivity index (χ1v) is 8.15. The molecule has 2 atom stereocenters. The van der Waals surface area contributed by atoms with E-state index in [1.165, 1.54) is 38.5 Å². The molecular formula is C16H28N2O. The molecule has 0 aromatic carbocycles. The summed E-state index contributed by atoms with van der Waals surface area (Å²) in [4.78, 5) is 15.0. The average Bonchev–Trinajstić information content (AvgIpc) is 2.99. The van der Waals surface area contributed by atoms with Crippen molar-refractivity contribution >= 4 is 5.91 Å². The minimum Gasteiger partial charge on any atom is -0.320 e. The van der Waals surface area contributed by atoms with Crippen LogP contribution in [0.4, 0.5) is 0 Å². The van der Waals surface area contributed by atoms with Crippen LogP contribution in [0.1, 0.15) is 65.7 Å². The first-order chi connectivity index (χ1) is 9.05. The summed E-state index contributed by atoms with van der Waals surface area (Å²) in [5.41, 5.74) is 0.0429. The second kappa shape index (κ2) is 4.76. The Morgan fingerprint density at radius 2 is 1.84 bits per heavy atom. The molecule has 3 fully saturated rings. The highest BCUT2D eigenvalue weighted by Gasteiger charge is 2.53. The molecule has 3 heteroatoms. The summed E-state index contributed by atoms with van der Waals surface area (Å²) in [6.45, 7) is 6.68. The van der Waals surface area contributed by atoms with Crippen LogP contribution in [0.25, 0.3) is 0 Å². The zero-order valence-electron chi connectivity index (χ0n) is 12.6. The van der Waals surface area contributed by atoms with Crippen molar-refractivity contribution in [3.8, 4) is 0 Å². The van der Waals surface area contributed by atoms with E-state index in [9.17, 15) is 4.79 Å². The van der Waals surface area contributed by atoms with Gasteiger partial charge in [-0.05, 0) is 57.8 Å². The van der Waals surface area contributed by atoms with Crippen molar-refractivity contribution in [3.05, 3.63) is 0 Å². The molecule has 1 aliphatic heterocycles. The van der Waals surface area contributed by atoms with Crippen LogP contribution in [0, 0.1) is 11.8 Å². The molecule has 0 spiro atoms. The number of rotatable bonds is 4. The quantitative estimate of drug-likeness (QED) is 0.847. The van der Waals surface area contributed by atoms with Crippen LogP contribution >= 0.6 is 0 Å². The summed E-state index contributed by atoms with van der Waals surface area (Å²) in [5.74, 6) is 1.76. The lowest BCUT2D eigenvalue weighted by Crippen LogP contribution is -2.54. The second-order valence-electron chi connectivity index (χ2n) is 7.25. The van der Waals surface area contributed by atoms with E-state index in [0.717, 1.165) is 12.3 Å². The number of nitrogens with one attached hydrogen (secondary N) is 1. The van der Waals surface area contributed by atoms with Crippen LogP contribution in [0.5, 0.6) is 0 Å². The zero-order chi connectivity index (χ0) is 13.6. The third-order valence-electron chi connectivity index (χ3n) is 5.64. The summed E-state index contributed by atoms with van der Waals surface area (Å²) < 4.78 is 0. The van der Waals surface area contributed by atoms with Crippen molar-refractivity contribution in [2.45, 2.75) is 83.5 Å². The Morgan fingerprint density at radius 3 is 2.37 bits per heavy atom. The maximum atomic E-state index is 12.7. The summed E-state index contributed by atoms with van der Waals surface area (Å²) in [6.07, 6.45) is 9.07. The SMILES string of the molecule is CCC1NC(C2CCCC2)N(C(C)(C)C2CC2)C1=O. The van der Waals surface area contributed by atoms with Crippen LogP contribution in [0.15, 0.2) is 0 Å². The van der Waals surface area contributed by atoms with E-state index < -0.39 is 0 Å². The Bertz CT molecular complexity index is 356. The average molecular weight is 264 g/mol. The van der Waals surface area contributed by atoms with E-state index in [2.05, 4.69) is 31.0 Å². The first-order valence-electron chi connectivity index (χ1n) is 8.15. The number of carbonyl (C=O) groups excluding carboxylic acids is 1. The molecule has 108 valence electrons. The summed E-state index contributed by atoms with van der Waals surface area (Å²) in [5, 5.41) is 3.65. The van der Waals surface area contributed by atoms with Gasteiger partial charge >= 0.3 is 0 Å². The molecule has 19 heavy (non-hydrogen) atoms. The van der Waals surface area contributed by atoms with Crippen molar-refractivity contribution in [1.82, 2.24) is 10.2 Å². The van der Waals surface area contributed by atoms with Gasteiger partial charge in [-0.25, -0.2) is 0 Å². The lowest BCUT2D eigenvalue weighted by molar-refractivity contribution is -0.137. The fourth-order valence-electron chi connectivity index (χ4n) is 4.20. The normalized spacial score (nSPS) is 33.4. The van der Waals surface area contributed by atoms with Gasteiger partial charge in [-0.2, -0.15) is 0 Å². The monoisotopic (exact) mass is 264 g/mol. The Balaban J connectivity index is 1.85. The highest BCUT2D eigenvalue weighted by atomic mass is 16.2. The van der Waals surface area contributed by atoms with Gasteiger partial charge in [0.25, 0.3) is 0 Å². The smallest absolute Gasteiger partial charge is 0.241 e. The maximum absolute atomic E-state index is 12.7. The third-order valence-corrected chi connectivity index (χ3v) is 5.64. The van der Waals surface area contributed by atoms with Gasteiger partial charge in [0.2, 0.25) is 5.91 Å². The zero-order valence-corrected chi connectivity index (χ0v) is 12.6. The lowest BCUT2D eigenvalue weighted by Gasteiger charge is -2.42. The van der Waals surface area contributed by atoms with Gasteiger partial charge < -0.3 is 4.90 Å². The Hall–Kier alpha value is -0.570. The number of amides is 1. The van der Waals surface area contributed by atoms with E-state index in [0.29, 0.717) is 18.0 Å². The van der Waals surface area contributed by atoms with Gasteiger partial charge in [0, 0.05) is 5.54 Å². The molecule has 0 aromatic heterocycles. The van der Waals surface area contributed by atoms with Gasteiger partial charge in [0.15, 0.2) is 0 Å². The molecule has 2 aliphatic carbocycles. The molecule has 1 amide bonds. The molecule has 0 bridgehead atoms. The number of carbonyl (C=O) groups is 1. The summed E-state index contributed by atoms with van der Waals surface area (Å²) in [6, 6.07) is 0.0589. The minimum absolute atomic E-state index is 0.0429. The van der Waals surface area contributed by atoms with Gasteiger partial charge in [-0.3, -0.25) is 10.1 Å². The van der Waals surface area contributed by atoms with E-state index in [1.807, 2.05) is 0 Å². The molecule has 1 saturated heterocycles. The molecule has 2 unspecified atom stereocenters. The van der Waals surface area contributed by atoms with Crippen LogP contribution in [-0.2, 0) is 4.79 Å². The van der Waals surface area contributed by atoms with Crippen LogP contribution in [0.3, 0.4) is 0 Å². The van der Waals surface area contributed by atoms with Gasteiger partial charge in [-0.15, -0.1) is 0 Å². The highest BCUT2D eigenvalue weighted by Crippen LogP contribution is 2.46. The topological polar surface area (TPSA) is 32.3 Å². The van der Waals surface area contributed by atoms with Crippen LogP contribution in [-0.4, -0.2) is 28.6 Å². The highest BCUT2D eigenvalue weighted by molar-refractivity contribution is 5.85. The molecule has 3 nitrogen and oxygen atoms in total. The van der Waals surface area contributed by atoms with Crippen LogP contribution in [0.2, 0.25) is 0 Å². The second-order valence-corrected chi connectivity index (χ2v) is 7.25. The van der Waals surface area contributed by atoms with E-state index in [-0.39, 0.29) is 11.6 Å². The Morgan fingerprint density at radius 1 is 1.21 bits per heavy atom. The van der Waals surface area contributed by atoms with Crippen molar-refractivity contribution in [2.24, 2.45) is 11.8 Å². The molecule has 0 radical (unpaired) electrons. The summed E-state index contributed by atoms with van der Waals surface area (Å²) in [7, 11) is 0. The predicted octanol–water partition coefficient (Wildman–Crippen LogP) is 2.90. The fourth-order valence-corrected chi connectivity index (χ4v) is 4.20. The molecule has 3 aliphatic rings. The van der Waals surface area contributed by atoms with E-state index in [1.54, 1.807) is 0 Å². The van der Waals surface area contributed by atoms with Crippen molar-refractivity contribution in [3.63, 3.8) is 0 Å². The fraction of sp³-hybridized carbons (Fsp3) is 0.938. The summed E-state index contributed by atoms with van der Waals surface area (Å²) >= 11 is 0. The Labute approximate surface area is 117 Å². The van der Waals surface area contributed by atoms with Crippen molar-refractivity contribution in [1.29, 1.82) is 0 Å². The Kier molecular flexibility index (Phi) is 3.36. The number of hydrogen-bond donors (Lipinski definition) is 1. The number of nitrogens with zero attached hydrogens (tertiary/aromatic N) is 1. The largest absolute Gasteiger partial charge is 0.320 e. The first kappa shape index (κ1) is 13.4. The third kappa shape index (κ3) is 2.20. The van der Waals surface area contributed by atoms with Crippen LogP contribution < -0.4 is 5.32 Å². The minimum atomic E-state index is 0.0429. The predicted molar refractivity (Wildman–Crippen MR) is 76.6 cm³/mol.